The van der Waals surface area contributed by atoms with Crippen LogP contribution in [0.3, 0.4) is 0 Å². The molecule has 1 unspecified atom stereocenters. The fourth-order valence-electron chi connectivity index (χ4n) is 0.995. The number of rotatable bonds is 5. The minimum Gasteiger partial charge on any atom is -0.488 e. The van der Waals surface area contributed by atoms with Gasteiger partial charge in [0.25, 0.3) is 0 Å². The highest BCUT2D eigenvalue weighted by atomic mass is 19.1. The molecule has 1 atom stereocenters. The molecule has 4 nitrogen and oxygen atoms in total. The van der Waals surface area contributed by atoms with E-state index in [0.29, 0.717) is 11.2 Å². The first-order valence-corrected chi connectivity index (χ1v) is 4.39. The predicted molar refractivity (Wildman–Crippen MR) is 53.7 cm³/mol. The van der Waals surface area contributed by atoms with Gasteiger partial charge in [-0.2, -0.15) is 0 Å². The second-order valence-corrected chi connectivity index (χ2v) is 2.90. The molecule has 0 heterocycles. The van der Waals surface area contributed by atoms with Crippen molar-refractivity contribution in [3.8, 4) is 5.75 Å². The number of alkyl halides is 1. The summed E-state index contributed by atoms with van der Waals surface area (Å²) in [5.74, 6) is 0.361. The van der Waals surface area contributed by atoms with E-state index in [1.165, 1.54) is 19.2 Å². The topological polar surface area (TPSA) is 58.9 Å². The first-order chi connectivity index (χ1) is 7.13. The van der Waals surface area contributed by atoms with E-state index in [2.05, 4.69) is 4.74 Å². The smallest absolute Gasteiger partial charge is 0.488 e. The van der Waals surface area contributed by atoms with Crippen LogP contribution in [0.15, 0.2) is 24.3 Å². The molecule has 0 spiro atoms. The molecule has 0 saturated carbocycles. The summed E-state index contributed by atoms with van der Waals surface area (Å²) in [7, 11) is -0.320. The predicted octanol–water partition coefficient (Wildman–Crippen LogP) is -0.313. The van der Waals surface area contributed by atoms with Crippen LogP contribution in [-0.4, -0.2) is 37.2 Å². The summed E-state index contributed by atoms with van der Waals surface area (Å²) in [6, 6.07) is 6.13. The lowest BCUT2D eigenvalue weighted by Gasteiger charge is -2.09. The van der Waals surface area contributed by atoms with Crippen LogP contribution in [0.5, 0.6) is 5.75 Å². The molecule has 1 rings (SSSR count). The molecule has 0 radical (unpaired) electrons. The number of benzene rings is 1. The molecule has 0 aliphatic carbocycles. The van der Waals surface area contributed by atoms with Crippen LogP contribution in [-0.2, 0) is 4.74 Å². The molecule has 0 saturated heterocycles. The third-order valence-electron chi connectivity index (χ3n) is 1.79. The molecule has 1 aromatic carbocycles. The van der Waals surface area contributed by atoms with Crippen molar-refractivity contribution < 1.29 is 23.9 Å². The largest absolute Gasteiger partial charge is 0.488 e. The van der Waals surface area contributed by atoms with Gasteiger partial charge in [-0.15, -0.1) is 0 Å². The van der Waals surface area contributed by atoms with Gasteiger partial charge in [-0.1, -0.05) is 12.1 Å². The van der Waals surface area contributed by atoms with Crippen molar-refractivity contribution in [2.24, 2.45) is 0 Å². The highest BCUT2D eigenvalue weighted by molar-refractivity contribution is 6.58. The minimum absolute atomic E-state index is 0.235. The quantitative estimate of drug-likeness (QED) is 0.660. The Morgan fingerprint density at radius 1 is 1.47 bits per heavy atom. The molecule has 1 aromatic rings. The van der Waals surface area contributed by atoms with Crippen molar-refractivity contribution in [1.29, 1.82) is 0 Å². The SMILES string of the molecule is COC(F)COc1cccc(B(O)O)c1. The summed E-state index contributed by atoms with van der Waals surface area (Å²) in [5.41, 5.74) is 0.292. The van der Waals surface area contributed by atoms with Crippen LogP contribution < -0.4 is 10.2 Å². The zero-order valence-corrected chi connectivity index (χ0v) is 8.26. The van der Waals surface area contributed by atoms with E-state index in [4.69, 9.17) is 14.8 Å². The zero-order chi connectivity index (χ0) is 11.3. The van der Waals surface area contributed by atoms with Gasteiger partial charge in [0.1, 0.15) is 12.4 Å². The first kappa shape index (κ1) is 12.0. The summed E-state index contributed by atoms with van der Waals surface area (Å²) in [4.78, 5) is 0. The number of methoxy groups -OCH3 is 1. The maximum atomic E-state index is 12.6. The van der Waals surface area contributed by atoms with Crippen LogP contribution in [0.1, 0.15) is 0 Å². The van der Waals surface area contributed by atoms with Gasteiger partial charge in [-0.05, 0) is 17.6 Å². The molecule has 0 fully saturated rings. The van der Waals surface area contributed by atoms with Crippen molar-refractivity contribution in [3.63, 3.8) is 0 Å². The Labute approximate surface area is 87.4 Å². The summed E-state index contributed by atoms with van der Waals surface area (Å²) in [6.07, 6.45) is -1.49. The molecular weight excluding hydrogens is 202 g/mol. The van der Waals surface area contributed by atoms with Crippen molar-refractivity contribution in [2.75, 3.05) is 13.7 Å². The zero-order valence-electron chi connectivity index (χ0n) is 8.26. The van der Waals surface area contributed by atoms with Crippen LogP contribution in [0.4, 0.5) is 4.39 Å². The summed E-state index contributed by atoms with van der Waals surface area (Å²) < 4.78 is 22.0. The lowest BCUT2D eigenvalue weighted by atomic mass is 9.80. The highest BCUT2D eigenvalue weighted by Crippen LogP contribution is 2.08. The van der Waals surface area contributed by atoms with E-state index < -0.39 is 13.5 Å². The Morgan fingerprint density at radius 2 is 2.20 bits per heavy atom. The Hall–Kier alpha value is -1.11. The number of hydrogen-bond acceptors (Lipinski definition) is 4. The maximum Gasteiger partial charge on any atom is 0.488 e. The second-order valence-electron chi connectivity index (χ2n) is 2.90. The Bertz CT molecular complexity index is 308. The van der Waals surface area contributed by atoms with Crippen molar-refractivity contribution in [1.82, 2.24) is 0 Å². The van der Waals surface area contributed by atoms with E-state index in [-0.39, 0.29) is 6.61 Å². The average molecular weight is 214 g/mol. The molecule has 2 N–H and O–H groups in total. The lowest BCUT2D eigenvalue weighted by Crippen LogP contribution is -2.29. The molecule has 0 aromatic heterocycles. The Balaban J connectivity index is 2.58. The molecule has 0 bridgehead atoms. The molecule has 82 valence electrons. The molecule has 6 heteroatoms. The van der Waals surface area contributed by atoms with E-state index in [0.717, 1.165) is 0 Å². The van der Waals surface area contributed by atoms with Gasteiger partial charge in [-0.25, -0.2) is 4.39 Å². The van der Waals surface area contributed by atoms with Crippen molar-refractivity contribution >= 4 is 12.6 Å². The van der Waals surface area contributed by atoms with Gasteiger partial charge in [-0.3, -0.25) is 0 Å². The third kappa shape index (κ3) is 3.87. The summed E-state index contributed by atoms with van der Waals surface area (Å²) >= 11 is 0. The Kier molecular flexibility index (Phi) is 4.55. The van der Waals surface area contributed by atoms with Gasteiger partial charge < -0.3 is 19.5 Å². The van der Waals surface area contributed by atoms with Crippen molar-refractivity contribution in [2.45, 2.75) is 6.36 Å². The lowest BCUT2D eigenvalue weighted by molar-refractivity contribution is -0.0356. The second kappa shape index (κ2) is 5.70. The standard InChI is InChI=1S/C9H12BFO4/c1-14-9(11)6-15-8-4-2-3-7(5-8)10(12)13/h2-5,9,12-13H,6H2,1H3. The van der Waals surface area contributed by atoms with E-state index in [1.54, 1.807) is 12.1 Å². The Morgan fingerprint density at radius 3 is 2.80 bits per heavy atom. The monoisotopic (exact) mass is 214 g/mol. The number of hydrogen-bond donors (Lipinski definition) is 2. The van der Waals surface area contributed by atoms with Gasteiger partial charge in [0.05, 0.1) is 0 Å². The molecule has 15 heavy (non-hydrogen) atoms. The normalized spacial score (nSPS) is 12.3. The molecular formula is C9H12BFO4. The number of halogens is 1. The summed E-state index contributed by atoms with van der Waals surface area (Å²) in [5, 5.41) is 17.7. The van der Waals surface area contributed by atoms with E-state index >= 15 is 0 Å². The van der Waals surface area contributed by atoms with Gasteiger partial charge >= 0.3 is 7.12 Å². The number of ether oxygens (including phenoxy) is 2. The molecule has 0 aliphatic rings. The van der Waals surface area contributed by atoms with Gasteiger partial charge in [0.2, 0.25) is 6.36 Å². The maximum absolute atomic E-state index is 12.6. The van der Waals surface area contributed by atoms with Crippen LogP contribution in [0.25, 0.3) is 0 Å². The average Bonchev–Trinajstić information content (AvgIpc) is 2.26. The van der Waals surface area contributed by atoms with Crippen molar-refractivity contribution in [3.05, 3.63) is 24.3 Å². The fraction of sp³-hybridized carbons (Fsp3) is 0.333. The minimum atomic E-state index is -1.56. The first-order valence-electron chi connectivity index (χ1n) is 4.39. The van der Waals surface area contributed by atoms with Crippen LogP contribution in [0, 0.1) is 0 Å². The third-order valence-corrected chi connectivity index (χ3v) is 1.79. The van der Waals surface area contributed by atoms with Crippen LogP contribution >= 0.6 is 0 Å². The molecule has 0 amide bonds. The fourth-order valence-corrected chi connectivity index (χ4v) is 0.995. The molecule has 0 aliphatic heterocycles. The summed E-state index contributed by atoms with van der Waals surface area (Å²) in [6.45, 7) is -0.235. The highest BCUT2D eigenvalue weighted by Gasteiger charge is 2.11. The van der Waals surface area contributed by atoms with Gasteiger partial charge in [0, 0.05) is 7.11 Å². The van der Waals surface area contributed by atoms with E-state index in [1.807, 2.05) is 0 Å². The van der Waals surface area contributed by atoms with Crippen LogP contribution in [0.2, 0.25) is 0 Å². The van der Waals surface area contributed by atoms with E-state index in [9.17, 15) is 4.39 Å². The van der Waals surface area contributed by atoms with Gasteiger partial charge in [0.15, 0.2) is 0 Å².